The van der Waals surface area contributed by atoms with Crippen LogP contribution in [0.4, 0.5) is 0 Å². The molecule has 0 bridgehead atoms. The van der Waals surface area contributed by atoms with Crippen LogP contribution in [-0.2, 0) is 4.79 Å². The maximum Gasteiger partial charge on any atom is 0.219 e. The third kappa shape index (κ3) is 2.81. The normalized spacial score (nSPS) is 19.3. The molecule has 0 aromatic carbocycles. The third-order valence-electron chi connectivity index (χ3n) is 3.16. The Kier molecular flexibility index (Phi) is 3.84. The zero-order valence-electron chi connectivity index (χ0n) is 11.2. The van der Waals surface area contributed by atoms with Gasteiger partial charge in [-0.1, -0.05) is 6.07 Å². The number of aromatic nitrogens is 1. The standard InChI is InChI=1S/C14H20N2O2/c1-10(2)18-14-7-6-12(9-15-14)13-5-4-8-16(13)11(3)17/h6-7,9-10,13H,4-5,8H2,1-3H3/t13-/m1/s1. The van der Waals surface area contributed by atoms with Gasteiger partial charge in [-0.2, -0.15) is 0 Å². The van der Waals surface area contributed by atoms with E-state index >= 15 is 0 Å². The van der Waals surface area contributed by atoms with Crippen LogP contribution in [0.3, 0.4) is 0 Å². The number of hydrogen-bond acceptors (Lipinski definition) is 3. The van der Waals surface area contributed by atoms with Gasteiger partial charge in [0.05, 0.1) is 12.1 Å². The van der Waals surface area contributed by atoms with Crippen molar-refractivity contribution in [3.05, 3.63) is 23.9 Å². The van der Waals surface area contributed by atoms with Crippen molar-refractivity contribution in [2.75, 3.05) is 6.54 Å². The van der Waals surface area contributed by atoms with Gasteiger partial charge in [-0.15, -0.1) is 0 Å². The Morgan fingerprint density at radius 1 is 1.50 bits per heavy atom. The van der Waals surface area contributed by atoms with E-state index < -0.39 is 0 Å². The quantitative estimate of drug-likeness (QED) is 0.825. The number of pyridine rings is 1. The lowest BCUT2D eigenvalue weighted by Crippen LogP contribution is -2.28. The molecule has 1 amide bonds. The maximum atomic E-state index is 11.5. The zero-order chi connectivity index (χ0) is 13.1. The number of rotatable bonds is 3. The molecule has 4 heteroatoms. The van der Waals surface area contributed by atoms with Gasteiger partial charge in [-0.25, -0.2) is 4.98 Å². The summed E-state index contributed by atoms with van der Waals surface area (Å²) >= 11 is 0. The fourth-order valence-electron chi connectivity index (χ4n) is 2.39. The second-order valence-electron chi connectivity index (χ2n) is 4.97. The van der Waals surface area contributed by atoms with E-state index in [0.29, 0.717) is 5.88 Å². The van der Waals surface area contributed by atoms with E-state index in [2.05, 4.69) is 4.98 Å². The summed E-state index contributed by atoms with van der Waals surface area (Å²) < 4.78 is 5.51. The highest BCUT2D eigenvalue weighted by atomic mass is 16.5. The minimum Gasteiger partial charge on any atom is -0.475 e. The second kappa shape index (κ2) is 5.38. The van der Waals surface area contributed by atoms with Gasteiger partial charge < -0.3 is 9.64 Å². The van der Waals surface area contributed by atoms with Crippen LogP contribution in [0.2, 0.25) is 0 Å². The van der Waals surface area contributed by atoms with Gasteiger partial charge in [-0.05, 0) is 32.3 Å². The fourth-order valence-corrected chi connectivity index (χ4v) is 2.39. The monoisotopic (exact) mass is 248 g/mol. The van der Waals surface area contributed by atoms with E-state index in [1.165, 1.54) is 0 Å². The molecule has 0 unspecified atom stereocenters. The summed E-state index contributed by atoms with van der Waals surface area (Å²) in [5.74, 6) is 0.779. The van der Waals surface area contributed by atoms with E-state index in [-0.39, 0.29) is 18.1 Å². The first kappa shape index (κ1) is 12.9. The number of amides is 1. The Morgan fingerprint density at radius 3 is 2.83 bits per heavy atom. The Hall–Kier alpha value is -1.58. The molecule has 2 rings (SSSR count). The molecule has 1 aromatic rings. The van der Waals surface area contributed by atoms with E-state index in [1.807, 2.05) is 37.1 Å². The molecule has 0 N–H and O–H groups in total. The van der Waals surface area contributed by atoms with Crippen molar-refractivity contribution >= 4 is 5.91 Å². The van der Waals surface area contributed by atoms with Crippen molar-refractivity contribution in [3.63, 3.8) is 0 Å². The first-order valence-electron chi connectivity index (χ1n) is 6.47. The van der Waals surface area contributed by atoms with Crippen molar-refractivity contribution < 1.29 is 9.53 Å². The van der Waals surface area contributed by atoms with Gasteiger partial charge in [0.1, 0.15) is 0 Å². The Bertz CT molecular complexity index is 414. The molecular formula is C14H20N2O2. The summed E-state index contributed by atoms with van der Waals surface area (Å²) in [6.07, 6.45) is 4.03. The SMILES string of the molecule is CC(=O)N1CCC[C@@H]1c1ccc(OC(C)C)nc1. The number of ether oxygens (including phenoxy) is 1. The molecule has 0 aliphatic carbocycles. The molecule has 1 aliphatic rings. The number of likely N-dealkylation sites (tertiary alicyclic amines) is 1. The molecule has 0 spiro atoms. The molecular weight excluding hydrogens is 228 g/mol. The highest BCUT2D eigenvalue weighted by molar-refractivity contribution is 5.74. The minimum absolute atomic E-state index is 0.128. The Balaban J connectivity index is 2.11. The average Bonchev–Trinajstić information content (AvgIpc) is 2.78. The van der Waals surface area contributed by atoms with Gasteiger partial charge in [0.25, 0.3) is 0 Å². The highest BCUT2D eigenvalue weighted by Crippen LogP contribution is 2.31. The number of carbonyl (C=O) groups is 1. The van der Waals surface area contributed by atoms with Crippen LogP contribution in [0, 0.1) is 0 Å². The molecule has 0 saturated carbocycles. The zero-order valence-corrected chi connectivity index (χ0v) is 11.2. The molecule has 4 nitrogen and oxygen atoms in total. The second-order valence-corrected chi connectivity index (χ2v) is 4.97. The predicted octanol–water partition coefficient (Wildman–Crippen LogP) is 2.55. The molecule has 0 radical (unpaired) electrons. The topological polar surface area (TPSA) is 42.4 Å². The van der Waals surface area contributed by atoms with Crippen LogP contribution < -0.4 is 4.74 Å². The maximum absolute atomic E-state index is 11.5. The van der Waals surface area contributed by atoms with Gasteiger partial charge in [0.15, 0.2) is 0 Å². The lowest BCUT2D eigenvalue weighted by Gasteiger charge is -2.23. The Morgan fingerprint density at radius 2 is 2.28 bits per heavy atom. The van der Waals surface area contributed by atoms with E-state index in [0.717, 1.165) is 24.9 Å². The molecule has 1 aromatic heterocycles. The lowest BCUT2D eigenvalue weighted by atomic mass is 10.1. The van der Waals surface area contributed by atoms with E-state index in [9.17, 15) is 4.79 Å². The van der Waals surface area contributed by atoms with E-state index in [4.69, 9.17) is 4.74 Å². The van der Waals surface area contributed by atoms with Gasteiger partial charge >= 0.3 is 0 Å². The lowest BCUT2D eigenvalue weighted by molar-refractivity contribution is -0.129. The van der Waals surface area contributed by atoms with Crippen molar-refractivity contribution in [2.45, 2.75) is 45.8 Å². The molecule has 98 valence electrons. The first-order valence-corrected chi connectivity index (χ1v) is 6.47. The van der Waals surface area contributed by atoms with Crippen LogP contribution in [0.1, 0.15) is 45.2 Å². The summed E-state index contributed by atoms with van der Waals surface area (Å²) in [6, 6.07) is 4.07. The largest absolute Gasteiger partial charge is 0.475 e. The van der Waals surface area contributed by atoms with Crippen molar-refractivity contribution in [1.82, 2.24) is 9.88 Å². The fraction of sp³-hybridized carbons (Fsp3) is 0.571. The molecule has 1 atom stereocenters. The van der Waals surface area contributed by atoms with Crippen molar-refractivity contribution in [1.29, 1.82) is 0 Å². The van der Waals surface area contributed by atoms with Crippen LogP contribution in [-0.4, -0.2) is 28.4 Å². The Labute approximate surface area is 108 Å². The molecule has 1 aliphatic heterocycles. The molecule has 18 heavy (non-hydrogen) atoms. The van der Waals surface area contributed by atoms with Crippen LogP contribution in [0.25, 0.3) is 0 Å². The smallest absolute Gasteiger partial charge is 0.219 e. The summed E-state index contributed by atoms with van der Waals surface area (Å²) in [4.78, 5) is 17.7. The van der Waals surface area contributed by atoms with Gasteiger partial charge in [-0.3, -0.25) is 4.79 Å². The highest BCUT2D eigenvalue weighted by Gasteiger charge is 2.27. The summed E-state index contributed by atoms with van der Waals surface area (Å²) in [7, 11) is 0. The minimum atomic E-state index is 0.128. The van der Waals surface area contributed by atoms with Crippen molar-refractivity contribution in [3.8, 4) is 5.88 Å². The number of hydrogen-bond donors (Lipinski definition) is 0. The van der Waals surface area contributed by atoms with Crippen LogP contribution >= 0.6 is 0 Å². The number of nitrogens with zero attached hydrogens (tertiary/aromatic N) is 2. The van der Waals surface area contributed by atoms with E-state index in [1.54, 1.807) is 6.92 Å². The molecule has 1 fully saturated rings. The molecule has 1 saturated heterocycles. The van der Waals surface area contributed by atoms with Crippen LogP contribution in [0.5, 0.6) is 5.88 Å². The summed E-state index contributed by atoms with van der Waals surface area (Å²) in [5.41, 5.74) is 1.10. The first-order chi connectivity index (χ1) is 8.58. The molecule has 2 heterocycles. The third-order valence-corrected chi connectivity index (χ3v) is 3.16. The number of carbonyl (C=O) groups excluding carboxylic acids is 1. The van der Waals surface area contributed by atoms with Crippen molar-refractivity contribution in [2.24, 2.45) is 0 Å². The summed E-state index contributed by atoms with van der Waals surface area (Å²) in [5, 5.41) is 0. The van der Waals surface area contributed by atoms with Crippen LogP contribution in [0.15, 0.2) is 18.3 Å². The van der Waals surface area contributed by atoms with Gasteiger partial charge in [0.2, 0.25) is 11.8 Å². The summed E-state index contributed by atoms with van der Waals surface area (Å²) in [6.45, 7) is 6.43. The average molecular weight is 248 g/mol. The predicted molar refractivity (Wildman–Crippen MR) is 69.4 cm³/mol. The van der Waals surface area contributed by atoms with Gasteiger partial charge in [0, 0.05) is 25.7 Å².